The zero-order chi connectivity index (χ0) is 53.4. The lowest BCUT2D eigenvalue weighted by Crippen LogP contribution is -2.41. The lowest BCUT2D eigenvalue weighted by atomic mass is 9.70. The van der Waals surface area contributed by atoms with Crippen LogP contribution >= 0.6 is 11.3 Å². The molecule has 1 saturated carbocycles. The number of fused-ring (bicyclic) bond motifs is 3. The Hall–Kier alpha value is -6.06. The lowest BCUT2D eigenvalue weighted by molar-refractivity contribution is -0.139. The van der Waals surface area contributed by atoms with E-state index in [9.17, 15) is 19.2 Å². The molecule has 3 N–H and O–H groups in total. The number of aryl methyl sites for hydroxylation is 3. The number of rotatable bonds is 23. The molecule has 3 aliphatic rings. The Morgan fingerprint density at radius 3 is 2.23 bits per heavy atom. The van der Waals surface area contributed by atoms with Crippen LogP contribution in [0.3, 0.4) is 0 Å². The number of nitrogens with one attached hydrogen (secondary N) is 3. The third kappa shape index (κ3) is 13.7. The van der Waals surface area contributed by atoms with Gasteiger partial charge in [0, 0.05) is 79.5 Å². The second-order valence-corrected chi connectivity index (χ2v) is 23.2. The van der Waals surface area contributed by atoms with Crippen molar-refractivity contribution in [3.8, 4) is 10.8 Å². The molecule has 1 aliphatic heterocycles. The van der Waals surface area contributed by atoms with Crippen molar-refractivity contribution >= 4 is 46.0 Å². The number of hydrogen-bond acceptors (Lipinski definition) is 11. The van der Waals surface area contributed by atoms with E-state index in [1.54, 1.807) is 11.3 Å². The van der Waals surface area contributed by atoms with Crippen molar-refractivity contribution < 1.29 is 33.4 Å². The number of ether oxygens (including phenoxy) is 3. The molecule has 13 nitrogen and oxygen atoms in total. The van der Waals surface area contributed by atoms with Crippen molar-refractivity contribution in [2.45, 2.75) is 126 Å². The normalized spacial score (nSPS) is 19.6. The molecule has 8 rings (SSSR count). The molecule has 0 saturated heterocycles. The first kappa shape index (κ1) is 55.2. The van der Waals surface area contributed by atoms with Crippen molar-refractivity contribution in [2.24, 2.45) is 29.1 Å². The molecule has 6 atom stereocenters. The Bertz CT molecular complexity index is 2880. The van der Waals surface area contributed by atoms with Gasteiger partial charge >= 0.3 is 0 Å². The van der Waals surface area contributed by atoms with Gasteiger partial charge in [-0.05, 0) is 129 Å². The van der Waals surface area contributed by atoms with Gasteiger partial charge in [-0.15, -0.1) is 21.5 Å². The minimum Gasteiger partial charge on any atom is -0.494 e. The summed E-state index contributed by atoms with van der Waals surface area (Å²) in [6.07, 6.45) is 8.12. The summed E-state index contributed by atoms with van der Waals surface area (Å²) in [6.45, 7) is 20.7. The van der Waals surface area contributed by atoms with Gasteiger partial charge in [-0.1, -0.05) is 93.9 Å². The summed E-state index contributed by atoms with van der Waals surface area (Å²) in [7, 11) is 0. The van der Waals surface area contributed by atoms with Gasteiger partial charge in [-0.2, -0.15) is 0 Å². The van der Waals surface area contributed by atoms with Gasteiger partial charge in [-0.3, -0.25) is 29.1 Å². The molecule has 3 heterocycles. The topological polar surface area (TPSA) is 163 Å². The minimum absolute atomic E-state index is 0.00846. The van der Waals surface area contributed by atoms with Gasteiger partial charge < -0.3 is 24.8 Å². The number of ketones is 2. The van der Waals surface area contributed by atoms with Gasteiger partial charge in [0.2, 0.25) is 11.8 Å². The van der Waals surface area contributed by atoms with Gasteiger partial charge in [0.15, 0.2) is 11.6 Å². The molecule has 2 aliphatic carbocycles. The lowest BCUT2D eigenvalue weighted by Gasteiger charge is -2.32. The van der Waals surface area contributed by atoms with Crippen LogP contribution in [-0.4, -0.2) is 71.2 Å². The van der Waals surface area contributed by atoms with Crippen LogP contribution in [0.1, 0.15) is 142 Å². The van der Waals surface area contributed by atoms with Crippen LogP contribution in [0.5, 0.6) is 5.75 Å². The molecule has 75 heavy (non-hydrogen) atoms. The SMILES string of the molecule is CC1=C(c2ccc(CNC(=O)C3CC(C)CC3C(=O)C(CC(=O)COCCCOCCCOc3ccc(NC(=O)CC4NC(c5ccc(C)cc5)c5c(sc(C)c5C)-n5c(C)nnc54)cc3)C(C)(C)C)cc2)CC=C1. The second kappa shape index (κ2) is 24.7. The summed E-state index contributed by atoms with van der Waals surface area (Å²) in [4.78, 5) is 56.0. The van der Waals surface area contributed by atoms with E-state index in [2.05, 4.69) is 126 Å². The Morgan fingerprint density at radius 2 is 1.53 bits per heavy atom. The Balaban J connectivity index is 0.716. The van der Waals surface area contributed by atoms with Crippen LogP contribution in [0, 0.1) is 56.8 Å². The largest absolute Gasteiger partial charge is 0.494 e. The molecule has 398 valence electrons. The number of aromatic nitrogens is 3. The number of carbonyl (C=O) groups is 4. The fourth-order valence-corrected chi connectivity index (χ4v) is 12.1. The number of allylic oxidation sites excluding steroid dienone is 4. The Kier molecular flexibility index (Phi) is 18.2. The van der Waals surface area contributed by atoms with E-state index in [0.717, 1.165) is 34.2 Å². The van der Waals surface area contributed by atoms with Gasteiger partial charge in [0.1, 0.15) is 29.0 Å². The van der Waals surface area contributed by atoms with Gasteiger partial charge in [0.05, 0.1) is 18.7 Å². The first-order chi connectivity index (χ1) is 35.9. The van der Waals surface area contributed by atoms with Crippen LogP contribution in [0.2, 0.25) is 0 Å². The van der Waals surface area contributed by atoms with Crippen molar-refractivity contribution in [3.63, 3.8) is 0 Å². The summed E-state index contributed by atoms with van der Waals surface area (Å²) in [5.74, 6) is 0.730. The van der Waals surface area contributed by atoms with Gasteiger partial charge in [0.25, 0.3) is 0 Å². The molecular formula is C61H76N6O7S. The molecule has 6 unspecified atom stereocenters. The van der Waals surface area contributed by atoms with Crippen molar-refractivity contribution in [1.82, 2.24) is 25.4 Å². The molecule has 2 amide bonds. The van der Waals surface area contributed by atoms with E-state index in [1.165, 1.54) is 38.3 Å². The number of nitrogens with zero attached hydrogens (tertiary/aromatic N) is 3. The van der Waals surface area contributed by atoms with Crippen LogP contribution < -0.4 is 20.7 Å². The highest BCUT2D eigenvalue weighted by Crippen LogP contribution is 2.44. The Morgan fingerprint density at radius 1 is 0.840 bits per heavy atom. The molecule has 0 bridgehead atoms. The quantitative estimate of drug-likeness (QED) is 0.0537. The first-order valence-corrected chi connectivity index (χ1v) is 27.6. The number of carbonyl (C=O) groups excluding carboxylic acids is 4. The number of anilines is 1. The van der Waals surface area contributed by atoms with E-state index in [-0.39, 0.29) is 60.8 Å². The summed E-state index contributed by atoms with van der Waals surface area (Å²) in [5, 5.41) is 20.1. The highest BCUT2D eigenvalue weighted by Gasteiger charge is 2.46. The molecule has 0 spiro atoms. The number of amides is 2. The molecule has 3 aromatic carbocycles. The summed E-state index contributed by atoms with van der Waals surface area (Å²) in [6, 6.07) is 23.7. The van der Waals surface area contributed by atoms with Crippen molar-refractivity contribution in [3.05, 3.63) is 140 Å². The zero-order valence-electron chi connectivity index (χ0n) is 45.3. The van der Waals surface area contributed by atoms with Gasteiger partial charge in [-0.25, -0.2) is 0 Å². The maximum Gasteiger partial charge on any atom is 0.226 e. The summed E-state index contributed by atoms with van der Waals surface area (Å²) >= 11 is 1.73. The van der Waals surface area contributed by atoms with Crippen molar-refractivity contribution in [2.75, 3.05) is 38.4 Å². The maximum absolute atomic E-state index is 14.3. The molecule has 2 aromatic heterocycles. The molecular weight excluding hydrogens is 961 g/mol. The number of thiophene rings is 1. The number of hydrogen-bond donors (Lipinski definition) is 3. The van der Waals surface area contributed by atoms with Crippen molar-refractivity contribution in [1.29, 1.82) is 0 Å². The third-order valence-corrected chi connectivity index (χ3v) is 16.4. The Labute approximate surface area is 447 Å². The van der Waals surface area contributed by atoms with Crippen LogP contribution in [0.25, 0.3) is 10.6 Å². The average molecular weight is 1040 g/mol. The highest BCUT2D eigenvalue weighted by atomic mass is 32.1. The fourth-order valence-electron chi connectivity index (χ4n) is 10.8. The molecule has 0 radical (unpaired) electrons. The first-order valence-electron chi connectivity index (χ1n) is 26.8. The third-order valence-electron chi connectivity index (χ3n) is 15.2. The number of Topliss-reactive ketones (excluding diaryl/α,β-unsaturated/α-hetero) is 2. The summed E-state index contributed by atoms with van der Waals surface area (Å²) in [5.41, 5.74) is 9.78. The highest BCUT2D eigenvalue weighted by molar-refractivity contribution is 7.14. The van der Waals surface area contributed by atoms with Crippen LogP contribution in [-0.2, 0) is 35.2 Å². The molecule has 5 aromatic rings. The van der Waals surface area contributed by atoms with Crippen LogP contribution in [0.4, 0.5) is 5.69 Å². The predicted molar refractivity (Wildman–Crippen MR) is 296 cm³/mol. The monoisotopic (exact) mass is 1040 g/mol. The molecule has 1 fully saturated rings. The smallest absolute Gasteiger partial charge is 0.226 e. The van der Waals surface area contributed by atoms with E-state index in [4.69, 9.17) is 14.2 Å². The molecule has 14 heteroatoms. The minimum atomic E-state index is -0.517. The van der Waals surface area contributed by atoms with E-state index >= 15 is 0 Å². The fraction of sp³-hybridized carbons (Fsp3) is 0.475. The average Bonchev–Trinajstić information content (AvgIpc) is 4.15. The zero-order valence-corrected chi connectivity index (χ0v) is 46.2. The second-order valence-electron chi connectivity index (χ2n) is 22.0. The van der Waals surface area contributed by atoms with E-state index in [1.807, 2.05) is 52.0 Å². The van der Waals surface area contributed by atoms with Crippen LogP contribution in [0.15, 0.2) is 90.5 Å². The van der Waals surface area contributed by atoms with E-state index in [0.29, 0.717) is 70.1 Å². The summed E-state index contributed by atoms with van der Waals surface area (Å²) < 4.78 is 19.6. The maximum atomic E-state index is 14.3. The number of benzene rings is 3. The van der Waals surface area contributed by atoms with E-state index < -0.39 is 23.2 Å². The predicted octanol–water partition coefficient (Wildman–Crippen LogP) is 11.4. The standard InChI is InChI=1S/C61H76N6O7S/c1-37-15-19-45(20-16-37)56-55-40(4)41(5)75-60(55)67-42(6)65-66-58(67)53(64-56)34-54(69)63-46-23-25-48(26-24-46)74-30-12-28-72-27-11-29-73-36-47(68)33-52(61(7,8)9)57(70)50-31-38(2)32-51(50)59(71)62-35-43-17-21-44(22-18-43)49-14-10-13-39(49)3/h10,13,15-26,38,50-53,56,64H,11-12,14,27-36H2,1-9H3,(H,62,71)(H,63,69).